The van der Waals surface area contributed by atoms with Crippen LogP contribution in [0.5, 0.6) is 34.5 Å². The van der Waals surface area contributed by atoms with E-state index >= 15 is 0 Å². The van der Waals surface area contributed by atoms with Crippen LogP contribution in [-0.2, 0) is 0 Å². The molecule has 15 nitrogen and oxygen atoms in total. The standard InChI is InChI=1S/C27H30N6O6.C21H15N3/c1-34-19-10-7-16(13-22(19)37-4)28-25-31-26(29-17-8-11-20(35-2)23(14-17)38-5)33-27(32-25)30-18-9-12-21(36-3)24(15-18)39-6;1-4-10-16(11-5-1)19-22-20(17-12-6-2-7-13-17)24-21(23-19)18-14-8-3-9-15-18/h7-15H,1-6H3,(H3,28,29,30,31,32,33);1-15H. The number of hydrogen-bond acceptors (Lipinski definition) is 15. The first-order chi connectivity index (χ1) is 30.9. The van der Waals surface area contributed by atoms with Gasteiger partial charge >= 0.3 is 0 Å². The van der Waals surface area contributed by atoms with Gasteiger partial charge in [-0.1, -0.05) is 91.0 Å². The van der Waals surface area contributed by atoms with Crippen molar-refractivity contribution >= 4 is 34.9 Å². The molecule has 3 N–H and O–H groups in total. The fourth-order valence-corrected chi connectivity index (χ4v) is 6.20. The first-order valence-electron chi connectivity index (χ1n) is 19.6. The number of nitrogens with one attached hydrogen (secondary N) is 3. The summed E-state index contributed by atoms with van der Waals surface area (Å²) in [5.41, 5.74) is 5.01. The molecule has 63 heavy (non-hydrogen) atoms. The Balaban J connectivity index is 0.000000211. The third-order valence-electron chi connectivity index (χ3n) is 9.29. The van der Waals surface area contributed by atoms with Crippen molar-refractivity contribution in [1.82, 2.24) is 29.9 Å². The molecule has 0 fully saturated rings. The van der Waals surface area contributed by atoms with Crippen molar-refractivity contribution < 1.29 is 28.4 Å². The third kappa shape index (κ3) is 10.8. The summed E-state index contributed by atoms with van der Waals surface area (Å²) in [6.07, 6.45) is 0. The van der Waals surface area contributed by atoms with Gasteiger partial charge in [-0.3, -0.25) is 0 Å². The van der Waals surface area contributed by atoms with Gasteiger partial charge in [0.15, 0.2) is 52.0 Å². The van der Waals surface area contributed by atoms with Gasteiger partial charge < -0.3 is 44.4 Å². The van der Waals surface area contributed by atoms with Crippen LogP contribution in [0.3, 0.4) is 0 Å². The molecule has 0 spiro atoms. The van der Waals surface area contributed by atoms with Gasteiger partial charge in [-0.05, 0) is 36.4 Å². The first-order valence-corrected chi connectivity index (χ1v) is 19.6. The maximum absolute atomic E-state index is 5.41. The molecule has 6 aromatic carbocycles. The van der Waals surface area contributed by atoms with Gasteiger partial charge in [-0.15, -0.1) is 0 Å². The smallest absolute Gasteiger partial charge is 0.233 e. The number of aromatic nitrogens is 6. The number of ether oxygens (including phenoxy) is 6. The van der Waals surface area contributed by atoms with Crippen molar-refractivity contribution in [3.63, 3.8) is 0 Å². The lowest BCUT2D eigenvalue weighted by atomic mass is 10.1. The molecule has 2 heterocycles. The van der Waals surface area contributed by atoms with Gasteiger partial charge in [0.1, 0.15) is 0 Å². The summed E-state index contributed by atoms with van der Waals surface area (Å²) in [5, 5.41) is 9.59. The van der Waals surface area contributed by atoms with Crippen LogP contribution in [0.4, 0.5) is 34.9 Å². The Morgan fingerprint density at radius 1 is 0.286 bits per heavy atom. The highest BCUT2D eigenvalue weighted by Gasteiger charge is 2.14. The summed E-state index contributed by atoms with van der Waals surface area (Å²) < 4.78 is 32.2. The fourth-order valence-electron chi connectivity index (χ4n) is 6.20. The number of hydrogen-bond donors (Lipinski definition) is 3. The van der Waals surface area contributed by atoms with Crippen molar-refractivity contribution in [2.45, 2.75) is 0 Å². The molecule has 0 aliphatic heterocycles. The molecule has 8 aromatic rings. The average molecular weight is 844 g/mol. The van der Waals surface area contributed by atoms with E-state index in [0.29, 0.717) is 69.0 Å². The minimum Gasteiger partial charge on any atom is -0.493 e. The molecule has 0 unspecified atom stereocenters. The van der Waals surface area contributed by atoms with E-state index in [2.05, 4.69) is 45.9 Å². The molecule has 0 aliphatic rings. The number of rotatable bonds is 15. The van der Waals surface area contributed by atoms with Crippen molar-refractivity contribution in [2.24, 2.45) is 0 Å². The highest BCUT2D eigenvalue weighted by molar-refractivity contribution is 5.68. The maximum Gasteiger partial charge on any atom is 0.233 e. The lowest BCUT2D eigenvalue weighted by molar-refractivity contribution is 0.355. The molecular weight excluding hydrogens is 799 g/mol. The predicted molar refractivity (Wildman–Crippen MR) is 244 cm³/mol. The van der Waals surface area contributed by atoms with Gasteiger partial charge in [0, 0.05) is 52.0 Å². The molecule has 0 amide bonds. The summed E-state index contributed by atoms with van der Waals surface area (Å²) in [6, 6.07) is 46.2. The molecule has 318 valence electrons. The number of benzene rings is 6. The topological polar surface area (TPSA) is 169 Å². The maximum atomic E-state index is 5.41. The Morgan fingerprint density at radius 2 is 0.540 bits per heavy atom. The number of methoxy groups -OCH3 is 6. The first kappa shape index (κ1) is 42.7. The van der Waals surface area contributed by atoms with E-state index in [1.165, 1.54) is 0 Å². The molecule has 0 radical (unpaired) electrons. The number of anilines is 6. The lowest BCUT2D eigenvalue weighted by Crippen LogP contribution is -2.08. The SMILES string of the molecule is COc1ccc(Nc2nc(Nc3ccc(OC)c(OC)c3)nc(Nc3ccc(OC)c(OC)c3)n2)cc1OC.c1ccc(-c2nc(-c3ccccc3)nc(-c3ccccc3)n2)cc1. The Bertz CT molecular complexity index is 2430. The molecular formula is C48H45N9O6. The van der Waals surface area contributed by atoms with Crippen molar-refractivity contribution in [1.29, 1.82) is 0 Å². The van der Waals surface area contributed by atoms with Gasteiger partial charge in [-0.2, -0.15) is 15.0 Å². The zero-order valence-corrected chi connectivity index (χ0v) is 35.5. The van der Waals surface area contributed by atoms with Crippen molar-refractivity contribution in [3.05, 3.63) is 146 Å². The Kier molecular flexibility index (Phi) is 14.0. The minimum absolute atomic E-state index is 0.281. The summed E-state index contributed by atoms with van der Waals surface area (Å²) in [5.74, 6) is 6.38. The minimum atomic E-state index is 0.281. The second-order valence-electron chi connectivity index (χ2n) is 13.3. The monoisotopic (exact) mass is 843 g/mol. The summed E-state index contributed by atoms with van der Waals surface area (Å²) in [6.45, 7) is 0. The van der Waals surface area contributed by atoms with Crippen LogP contribution >= 0.6 is 0 Å². The highest BCUT2D eigenvalue weighted by atomic mass is 16.5. The number of nitrogens with zero attached hydrogens (tertiary/aromatic N) is 6. The lowest BCUT2D eigenvalue weighted by Gasteiger charge is -2.14. The van der Waals surface area contributed by atoms with Gasteiger partial charge in [-0.25, -0.2) is 15.0 Å². The molecule has 0 aliphatic carbocycles. The summed E-state index contributed by atoms with van der Waals surface area (Å²) >= 11 is 0. The van der Waals surface area contributed by atoms with Crippen LogP contribution in [0.15, 0.2) is 146 Å². The van der Waals surface area contributed by atoms with E-state index < -0.39 is 0 Å². The van der Waals surface area contributed by atoms with Gasteiger partial charge in [0.05, 0.1) is 42.7 Å². The largest absolute Gasteiger partial charge is 0.493 e. The average Bonchev–Trinajstić information content (AvgIpc) is 3.34. The zero-order valence-electron chi connectivity index (χ0n) is 35.5. The molecule has 8 rings (SSSR count). The van der Waals surface area contributed by atoms with Crippen LogP contribution in [0.2, 0.25) is 0 Å². The quantitative estimate of drug-likeness (QED) is 0.0891. The molecule has 0 saturated carbocycles. The molecule has 0 saturated heterocycles. The molecule has 2 aromatic heterocycles. The second-order valence-corrected chi connectivity index (χ2v) is 13.3. The van der Waals surface area contributed by atoms with Gasteiger partial charge in [0.2, 0.25) is 17.8 Å². The predicted octanol–water partition coefficient (Wildman–Crippen LogP) is 10.0. The summed E-state index contributed by atoms with van der Waals surface area (Å²) in [4.78, 5) is 27.7. The van der Waals surface area contributed by atoms with E-state index in [1.54, 1.807) is 79.1 Å². The van der Waals surface area contributed by atoms with E-state index in [9.17, 15) is 0 Å². The molecule has 15 heteroatoms. The highest BCUT2D eigenvalue weighted by Crippen LogP contribution is 2.34. The van der Waals surface area contributed by atoms with E-state index in [1.807, 2.05) is 109 Å². The Hall–Kier alpha value is -8.46. The van der Waals surface area contributed by atoms with E-state index in [4.69, 9.17) is 28.4 Å². The van der Waals surface area contributed by atoms with Gasteiger partial charge in [0.25, 0.3) is 0 Å². The van der Waals surface area contributed by atoms with Crippen LogP contribution in [0.1, 0.15) is 0 Å². The molecule has 0 atom stereocenters. The van der Waals surface area contributed by atoms with E-state index in [0.717, 1.165) is 16.7 Å². The normalized spacial score (nSPS) is 10.4. The van der Waals surface area contributed by atoms with Crippen LogP contribution < -0.4 is 44.4 Å². The van der Waals surface area contributed by atoms with Crippen LogP contribution in [0.25, 0.3) is 34.2 Å². The van der Waals surface area contributed by atoms with E-state index in [-0.39, 0.29) is 17.8 Å². The van der Waals surface area contributed by atoms with Crippen molar-refractivity contribution in [2.75, 3.05) is 58.6 Å². The van der Waals surface area contributed by atoms with Crippen LogP contribution in [-0.4, -0.2) is 72.6 Å². The Morgan fingerprint density at radius 3 is 0.778 bits per heavy atom. The molecule has 0 bridgehead atoms. The Labute approximate surface area is 365 Å². The fraction of sp³-hybridized carbons (Fsp3) is 0.125. The third-order valence-corrected chi connectivity index (χ3v) is 9.29. The van der Waals surface area contributed by atoms with Crippen molar-refractivity contribution in [3.8, 4) is 68.7 Å². The summed E-state index contributed by atoms with van der Waals surface area (Å²) in [7, 11) is 9.45. The zero-order chi connectivity index (χ0) is 44.0. The van der Waals surface area contributed by atoms with Crippen LogP contribution in [0, 0.1) is 0 Å². The second kappa shape index (κ2) is 20.7.